The molecule has 6 nitrogen and oxygen atoms in total. The summed E-state index contributed by atoms with van der Waals surface area (Å²) in [7, 11) is 0. The number of anilines is 1. The van der Waals surface area contributed by atoms with Crippen molar-refractivity contribution in [3.63, 3.8) is 0 Å². The molecular formula is C23H28N2O4. The van der Waals surface area contributed by atoms with E-state index in [1.54, 1.807) is 24.3 Å². The summed E-state index contributed by atoms with van der Waals surface area (Å²) in [5.41, 5.74) is 1.60. The normalized spacial score (nSPS) is 11.6. The van der Waals surface area contributed by atoms with Crippen molar-refractivity contribution in [1.82, 2.24) is 5.32 Å². The van der Waals surface area contributed by atoms with Crippen LogP contribution in [-0.2, 0) is 14.3 Å². The van der Waals surface area contributed by atoms with Gasteiger partial charge in [-0.05, 0) is 30.0 Å². The Morgan fingerprint density at radius 1 is 0.966 bits per heavy atom. The third kappa shape index (κ3) is 6.75. The minimum Gasteiger partial charge on any atom is -0.455 e. The molecule has 0 aliphatic rings. The van der Waals surface area contributed by atoms with E-state index in [-0.39, 0.29) is 5.91 Å². The van der Waals surface area contributed by atoms with E-state index in [2.05, 4.69) is 10.6 Å². The number of hydrogen-bond donors (Lipinski definition) is 2. The van der Waals surface area contributed by atoms with Crippen LogP contribution >= 0.6 is 0 Å². The van der Waals surface area contributed by atoms with Crippen LogP contribution in [0.15, 0.2) is 54.6 Å². The minimum atomic E-state index is -0.495. The first-order chi connectivity index (χ1) is 13.9. The van der Waals surface area contributed by atoms with Crippen molar-refractivity contribution in [3.05, 3.63) is 65.7 Å². The molecule has 6 heteroatoms. The average Bonchev–Trinajstić information content (AvgIpc) is 2.72. The van der Waals surface area contributed by atoms with Gasteiger partial charge in [-0.2, -0.15) is 0 Å². The maximum absolute atomic E-state index is 12.4. The predicted octanol–water partition coefficient (Wildman–Crippen LogP) is 3.75. The molecule has 0 heterocycles. The molecule has 2 rings (SSSR count). The van der Waals surface area contributed by atoms with E-state index in [9.17, 15) is 14.4 Å². The maximum Gasteiger partial charge on any atom is 0.313 e. The SMILES string of the molecule is CC[C@@H](C(=O)OCC(=O)Nc1ccccc1C(=O)NCC(C)C)c1ccccc1. The quantitative estimate of drug-likeness (QED) is 0.632. The number of rotatable bonds is 9. The van der Waals surface area contributed by atoms with Crippen LogP contribution in [0, 0.1) is 5.92 Å². The highest BCUT2D eigenvalue weighted by Gasteiger charge is 2.21. The van der Waals surface area contributed by atoms with Gasteiger partial charge in [0.05, 0.1) is 17.2 Å². The molecule has 2 aromatic rings. The third-order valence-electron chi connectivity index (χ3n) is 4.36. The Labute approximate surface area is 171 Å². The minimum absolute atomic E-state index is 0.262. The fourth-order valence-corrected chi connectivity index (χ4v) is 2.83. The second-order valence-corrected chi connectivity index (χ2v) is 7.18. The van der Waals surface area contributed by atoms with E-state index in [4.69, 9.17) is 4.74 Å². The van der Waals surface area contributed by atoms with Crippen LogP contribution in [-0.4, -0.2) is 30.9 Å². The Hall–Kier alpha value is -3.15. The van der Waals surface area contributed by atoms with E-state index < -0.39 is 24.4 Å². The number of nitrogens with one attached hydrogen (secondary N) is 2. The zero-order valence-electron chi connectivity index (χ0n) is 17.1. The van der Waals surface area contributed by atoms with Crippen LogP contribution in [0.5, 0.6) is 0 Å². The van der Waals surface area contributed by atoms with Crippen molar-refractivity contribution in [2.24, 2.45) is 5.92 Å². The van der Waals surface area contributed by atoms with Gasteiger partial charge in [0.1, 0.15) is 0 Å². The summed E-state index contributed by atoms with van der Waals surface area (Å²) < 4.78 is 5.21. The lowest BCUT2D eigenvalue weighted by molar-refractivity contribution is -0.149. The van der Waals surface area contributed by atoms with Crippen molar-refractivity contribution in [1.29, 1.82) is 0 Å². The van der Waals surface area contributed by atoms with Gasteiger partial charge in [-0.1, -0.05) is 63.2 Å². The number of ether oxygens (including phenoxy) is 1. The highest BCUT2D eigenvalue weighted by molar-refractivity contribution is 6.04. The van der Waals surface area contributed by atoms with Crippen LogP contribution in [0.25, 0.3) is 0 Å². The largest absolute Gasteiger partial charge is 0.455 e. The molecule has 2 N–H and O–H groups in total. The van der Waals surface area contributed by atoms with Crippen LogP contribution < -0.4 is 10.6 Å². The van der Waals surface area contributed by atoms with E-state index in [0.29, 0.717) is 30.1 Å². The highest BCUT2D eigenvalue weighted by atomic mass is 16.5. The second kappa shape index (κ2) is 11.0. The van der Waals surface area contributed by atoms with Crippen molar-refractivity contribution >= 4 is 23.5 Å². The van der Waals surface area contributed by atoms with Gasteiger partial charge in [-0.3, -0.25) is 14.4 Å². The molecule has 154 valence electrons. The Kier molecular flexibility index (Phi) is 8.40. The fraction of sp³-hybridized carbons (Fsp3) is 0.348. The Morgan fingerprint density at radius 3 is 2.28 bits per heavy atom. The Bertz CT molecular complexity index is 834. The molecule has 0 radical (unpaired) electrons. The second-order valence-electron chi connectivity index (χ2n) is 7.18. The summed E-state index contributed by atoms with van der Waals surface area (Å²) in [5.74, 6) is -1.31. The molecule has 0 unspecified atom stereocenters. The first kappa shape index (κ1) is 22.1. The van der Waals surface area contributed by atoms with E-state index >= 15 is 0 Å². The van der Waals surface area contributed by atoms with Crippen molar-refractivity contribution < 1.29 is 19.1 Å². The molecule has 0 aromatic heterocycles. The summed E-state index contributed by atoms with van der Waals surface area (Å²) in [6.07, 6.45) is 0.573. The van der Waals surface area contributed by atoms with Gasteiger partial charge < -0.3 is 15.4 Å². The smallest absolute Gasteiger partial charge is 0.313 e. The summed E-state index contributed by atoms with van der Waals surface area (Å²) in [4.78, 5) is 37.0. The van der Waals surface area contributed by atoms with Gasteiger partial charge in [-0.25, -0.2) is 0 Å². The monoisotopic (exact) mass is 396 g/mol. The van der Waals surface area contributed by atoms with Gasteiger partial charge in [0, 0.05) is 6.54 Å². The number of amides is 2. The molecule has 0 saturated heterocycles. The molecule has 0 bridgehead atoms. The average molecular weight is 396 g/mol. The van der Waals surface area contributed by atoms with E-state index in [1.807, 2.05) is 51.1 Å². The predicted molar refractivity (Wildman–Crippen MR) is 113 cm³/mol. The van der Waals surface area contributed by atoms with Gasteiger partial charge >= 0.3 is 5.97 Å². The molecular weight excluding hydrogens is 368 g/mol. The van der Waals surface area contributed by atoms with Crippen LogP contribution in [0.3, 0.4) is 0 Å². The van der Waals surface area contributed by atoms with Gasteiger partial charge in [-0.15, -0.1) is 0 Å². The lowest BCUT2D eigenvalue weighted by atomic mass is 9.97. The van der Waals surface area contributed by atoms with Crippen molar-refractivity contribution in [2.45, 2.75) is 33.1 Å². The van der Waals surface area contributed by atoms with Gasteiger partial charge in [0.2, 0.25) is 0 Å². The number of para-hydroxylation sites is 1. The Morgan fingerprint density at radius 2 is 1.62 bits per heavy atom. The fourth-order valence-electron chi connectivity index (χ4n) is 2.83. The summed E-state index contributed by atoms with van der Waals surface area (Å²) in [6, 6.07) is 16.1. The highest BCUT2D eigenvalue weighted by Crippen LogP contribution is 2.21. The van der Waals surface area contributed by atoms with E-state index in [1.165, 1.54) is 0 Å². The van der Waals surface area contributed by atoms with Gasteiger partial charge in [0.15, 0.2) is 6.61 Å². The first-order valence-electron chi connectivity index (χ1n) is 9.81. The molecule has 0 fully saturated rings. The molecule has 2 amide bonds. The van der Waals surface area contributed by atoms with Crippen LogP contribution in [0.2, 0.25) is 0 Å². The summed E-state index contributed by atoms with van der Waals surface area (Å²) in [6.45, 7) is 6.02. The number of carbonyl (C=O) groups excluding carboxylic acids is 3. The van der Waals surface area contributed by atoms with E-state index in [0.717, 1.165) is 5.56 Å². The number of esters is 1. The maximum atomic E-state index is 12.4. The molecule has 0 saturated carbocycles. The summed E-state index contributed by atoms with van der Waals surface area (Å²) >= 11 is 0. The lowest BCUT2D eigenvalue weighted by Crippen LogP contribution is -2.29. The molecule has 1 atom stereocenters. The van der Waals surface area contributed by atoms with Crippen LogP contribution in [0.4, 0.5) is 5.69 Å². The Balaban J connectivity index is 1.96. The molecule has 29 heavy (non-hydrogen) atoms. The first-order valence-corrected chi connectivity index (χ1v) is 9.81. The third-order valence-corrected chi connectivity index (χ3v) is 4.36. The number of benzene rings is 2. The zero-order valence-corrected chi connectivity index (χ0v) is 17.1. The molecule has 0 spiro atoms. The van der Waals surface area contributed by atoms with Crippen LogP contribution in [0.1, 0.15) is 49.0 Å². The number of hydrogen-bond acceptors (Lipinski definition) is 4. The standard InChI is InChI=1S/C23H28N2O4/c1-4-18(17-10-6-5-7-11-17)23(28)29-15-21(26)25-20-13-9-8-12-19(20)22(27)24-14-16(2)3/h5-13,16,18H,4,14-15H2,1-3H3,(H,24,27)(H,25,26)/t18-/m1/s1. The molecule has 0 aliphatic heterocycles. The van der Waals surface area contributed by atoms with Gasteiger partial charge in [0.25, 0.3) is 11.8 Å². The molecule has 2 aromatic carbocycles. The van der Waals surface area contributed by atoms with Crippen molar-refractivity contribution in [3.8, 4) is 0 Å². The summed E-state index contributed by atoms with van der Waals surface area (Å²) in [5, 5.41) is 5.48. The van der Waals surface area contributed by atoms with Crippen molar-refractivity contribution in [2.75, 3.05) is 18.5 Å². The number of carbonyl (C=O) groups is 3. The lowest BCUT2D eigenvalue weighted by Gasteiger charge is -2.15. The zero-order chi connectivity index (χ0) is 21.2. The molecule has 0 aliphatic carbocycles. The topological polar surface area (TPSA) is 84.5 Å².